The van der Waals surface area contributed by atoms with Gasteiger partial charge in [0.1, 0.15) is 6.10 Å². The van der Waals surface area contributed by atoms with E-state index in [1.807, 2.05) is 26.8 Å². The maximum absolute atomic E-state index is 12.3. The van der Waals surface area contributed by atoms with Gasteiger partial charge in [0.15, 0.2) is 5.78 Å². The Morgan fingerprint density at radius 1 is 1.41 bits per heavy atom. The molecule has 3 nitrogen and oxygen atoms in total. The predicted molar refractivity (Wildman–Crippen MR) is 91.3 cm³/mol. The lowest BCUT2D eigenvalue weighted by Crippen LogP contribution is -2.60. The Kier molecular flexibility index (Phi) is 4.42. The van der Waals surface area contributed by atoms with E-state index in [1.165, 1.54) is 6.92 Å². The topological polar surface area (TPSA) is 43.4 Å². The summed E-state index contributed by atoms with van der Waals surface area (Å²) >= 11 is 10.3. The summed E-state index contributed by atoms with van der Waals surface area (Å²) in [5.41, 5.74) is -0.507. The van der Waals surface area contributed by atoms with E-state index in [1.54, 1.807) is 6.08 Å². The standard InChI is InChI=1S/C17H22BrClO3/c1-10-12(21)6-7-15(3,4)17(10)8-13(18)16(5,19)9-14(17)22-11(2)20/h6-7,13-14H,1,8-9H2,2-5H3/t13-,14?,16+,17-/m0/s1. The van der Waals surface area contributed by atoms with Crippen molar-refractivity contribution in [1.29, 1.82) is 0 Å². The number of carbonyl (C=O) groups excluding carboxylic acids is 2. The largest absolute Gasteiger partial charge is 0.462 e. The Morgan fingerprint density at radius 2 is 2.00 bits per heavy atom. The number of ketones is 1. The van der Waals surface area contributed by atoms with Crippen molar-refractivity contribution in [2.24, 2.45) is 10.8 Å². The van der Waals surface area contributed by atoms with Crippen molar-refractivity contribution >= 4 is 39.3 Å². The van der Waals surface area contributed by atoms with E-state index in [0.29, 0.717) is 18.4 Å². The first-order valence-electron chi connectivity index (χ1n) is 7.37. The van der Waals surface area contributed by atoms with Gasteiger partial charge in [0.05, 0.1) is 4.87 Å². The highest BCUT2D eigenvalue weighted by Crippen LogP contribution is 2.61. The van der Waals surface area contributed by atoms with Crippen LogP contribution in [0.3, 0.4) is 0 Å². The van der Waals surface area contributed by atoms with Crippen LogP contribution in [0.2, 0.25) is 0 Å². The molecular weight excluding hydrogens is 368 g/mol. The molecule has 0 aliphatic heterocycles. The van der Waals surface area contributed by atoms with Crippen LogP contribution in [0.25, 0.3) is 0 Å². The van der Waals surface area contributed by atoms with Gasteiger partial charge in [-0.1, -0.05) is 42.4 Å². The first kappa shape index (κ1) is 17.7. The molecule has 0 radical (unpaired) electrons. The zero-order valence-corrected chi connectivity index (χ0v) is 15.8. The van der Waals surface area contributed by atoms with Crippen LogP contribution in [0.4, 0.5) is 0 Å². The fourth-order valence-electron chi connectivity index (χ4n) is 3.77. The molecule has 0 amide bonds. The summed E-state index contributed by atoms with van der Waals surface area (Å²) in [7, 11) is 0. The predicted octanol–water partition coefficient (Wildman–Crippen LogP) is 4.18. The van der Waals surface area contributed by atoms with Gasteiger partial charge >= 0.3 is 5.97 Å². The Bertz CT molecular complexity index is 564. The first-order valence-corrected chi connectivity index (χ1v) is 8.66. The van der Waals surface area contributed by atoms with Gasteiger partial charge in [-0.2, -0.15) is 0 Å². The summed E-state index contributed by atoms with van der Waals surface area (Å²) in [5, 5.41) is 0. The molecule has 22 heavy (non-hydrogen) atoms. The van der Waals surface area contributed by atoms with Crippen LogP contribution < -0.4 is 0 Å². The number of halogens is 2. The molecule has 1 fully saturated rings. The van der Waals surface area contributed by atoms with Gasteiger partial charge in [-0.25, -0.2) is 0 Å². The van der Waals surface area contributed by atoms with E-state index in [4.69, 9.17) is 16.3 Å². The van der Waals surface area contributed by atoms with Crippen LogP contribution >= 0.6 is 27.5 Å². The molecule has 1 saturated carbocycles. The third kappa shape index (κ3) is 2.58. The third-order valence-corrected chi connectivity index (χ3v) is 7.25. The third-order valence-electron chi connectivity index (χ3n) is 5.23. The normalized spacial score (nSPS) is 40.8. The number of rotatable bonds is 1. The van der Waals surface area contributed by atoms with Crippen molar-refractivity contribution < 1.29 is 14.3 Å². The summed E-state index contributed by atoms with van der Waals surface area (Å²) in [6, 6.07) is 0. The van der Waals surface area contributed by atoms with Crippen LogP contribution in [0.15, 0.2) is 24.3 Å². The molecule has 4 atom stereocenters. The summed E-state index contributed by atoms with van der Waals surface area (Å²) in [6.45, 7) is 11.5. The summed E-state index contributed by atoms with van der Waals surface area (Å²) in [6.07, 6.45) is 4.05. The molecule has 122 valence electrons. The lowest BCUT2D eigenvalue weighted by atomic mass is 9.50. The SMILES string of the molecule is C=C1C(=O)C=CC(C)(C)[C@@]12C[C@H](Br)[C@](C)(Cl)CC2OC(C)=O. The number of allylic oxidation sites excluding steroid dienone is 2. The zero-order chi connectivity index (χ0) is 16.9. The second-order valence-electron chi connectivity index (χ2n) is 7.12. The average Bonchev–Trinajstić information content (AvgIpc) is 2.36. The quantitative estimate of drug-likeness (QED) is 0.384. The number of ether oxygens (including phenoxy) is 1. The molecule has 0 saturated heterocycles. The zero-order valence-electron chi connectivity index (χ0n) is 13.4. The number of alkyl halides is 2. The highest BCUT2D eigenvalue weighted by molar-refractivity contribution is 9.09. The number of carbonyl (C=O) groups is 2. The van der Waals surface area contributed by atoms with E-state index < -0.39 is 16.4 Å². The van der Waals surface area contributed by atoms with Crippen molar-refractivity contribution in [3.8, 4) is 0 Å². The lowest BCUT2D eigenvalue weighted by molar-refractivity contribution is -0.162. The molecule has 0 N–H and O–H groups in total. The average molecular weight is 390 g/mol. The van der Waals surface area contributed by atoms with Gasteiger partial charge in [0.2, 0.25) is 0 Å². The number of hydrogen-bond donors (Lipinski definition) is 0. The van der Waals surface area contributed by atoms with Gasteiger partial charge in [0, 0.05) is 29.2 Å². The van der Waals surface area contributed by atoms with E-state index in [0.717, 1.165) is 0 Å². The summed E-state index contributed by atoms with van der Waals surface area (Å²) in [4.78, 5) is 23.3. The lowest BCUT2D eigenvalue weighted by Gasteiger charge is -2.57. The van der Waals surface area contributed by atoms with Crippen LogP contribution in [0.1, 0.15) is 40.5 Å². The van der Waals surface area contributed by atoms with Crippen LogP contribution in [0, 0.1) is 10.8 Å². The molecule has 5 heteroatoms. The van der Waals surface area contributed by atoms with E-state index >= 15 is 0 Å². The molecule has 0 aromatic rings. The van der Waals surface area contributed by atoms with E-state index in [2.05, 4.69) is 22.5 Å². The summed E-state index contributed by atoms with van der Waals surface area (Å²) < 4.78 is 5.63. The molecule has 0 heterocycles. The minimum absolute atomic E-state index is 0.0104. The molecule has 2 aliphatic rings. The maximum atomic E-state index is 12.3. The highest BCUT2D eigenvalue weighted by atomic mass is 79.9. The Labute approximate surface area is 145 Å². The molecule has 2 rings (SSSR count). The van der Waals surface area contributed by atoms with Crippen molar-refractivity contribution in [2.75, 3.05) is 0 Å². The van der Waals surface area contributed by atoms with Gasteiger partial charge < -0.3 is 4.74 Å². The molecule has 0 aromatic heterocycles. The second-order valence-corrected chi connectivity index (χ2v) is 9.09. The minimum Gasteiger partial charge on any atom is -0.462 e. The number of hydrogen-bond acceptors (Lipinski definition) is 3. The second kappa shape index (κ2) is 5.48. The van der Waals surface area contributed by atoms with Crippen molar-refractivity contribution in [3.05, 3.63) is 24.3 Å². The van der Waals surface area contributed by atoms with Gasteiger partial charge in [0.25, 0.3) is 0 Å². The Balaban J connectivity index is 2.60. The van der Waals surface area contributed by atoms with Crippen LogP contribution in [-0.4, -0.2) is 27.6 Å². The molecular formula is C17H22BrClO3. The van der Waals surface area contributed by atoms with Crippen molar-refractivity contribution in [3.63, 3.8) is 0 Å². The number of esters is 1. The molecule has 1 unspecified atom stereocenters. The molecule has 1 spiro atoms. The Hall–Kier alpha value is -0.610. The van der Waals surface area contributed by atoms with E-state index in [-0.39, 0.29) is 22.0 Å². The fourth-order valence-corrected chi connectivity index (χ4v) is 4.69. The highest BCUT2D eigenvalue weighted by Gasteiger charge is 2.62. The van der Waals surface area contributed by atoms with Crippen LogP contribution in [0.5, 0.6) is 0 Å². The van der Waals surface area contributed by atoms with Gasteiger partial charge in [-0.05, 0) is 24.8 Å². The molecule has 0 aromatic carbocycles. The summed E-state index contributed by atoms with van der Waals surface area (Å²) in [5.74, 6) is -0.468. The first-order chi connectivity index (χ1) is 9.94. The monoisotopic (exact) mass is 388 g/mol. The molecule has 2 aliphatic carbocycles. The maximum Gasteiger partial charge on any atom is 0.302 e. The smallest absolute Gasteiger partial charge is 0.302 e. The Morgan fingerprint density at radius 3 is 2.55 bits per heavy atom. The van der Waals surface area contributed by atoms with E-state index in [9.17, 15) is 9.59 Å². The molecule has 0 bridgehead atoms. The van der Waals surface area contributed by atoms with Crippen molar-refractivity contribution in [1.82, 2.24) is 0 Å². The van der Waals surface area contributed by atoms with Crippen LogP contribution in [-0.2, 0) is 14.3 Å². The van der Waals surface area contributed by atoms with Gasteiger partial charge in [-0.3, -0.25) is 9.59 Å². The fraction of sp³-hybridized carbons (Fsp3) is 0.647. The minimum atomic E-state index is -0.646. The van der Waals surface area contributed by atoms with Gasteiger partial charge in [-0.15, -0.1) is 11.6 Å². The van der Waals surface area contributed by atoms with Crippen molar-refractivity contribution in [2.45, 2.75) is 56.3 Å².